The highest BCUT2D eigenvalue weighted by Crippen LogP contribution is 2.20. The summed E-state index contributed by atoms with van der Waals surface area (Å²) in [5, 5.41) is 22.2. The molecule has 0 amide bonds. The van der Waals surface area contributed by atoms with Crippen LogP contribution < -0.4 is 0 Å². The Morgan fingerprint density at radius 3 is 2.85 bits per heavy atom. The van der Waals surface area contributed by atoms with Crippen LogP contribution in [-0.4, -0.2) is 20.9 Å². The van der Waals surface area contributed by atoms with Gasteiger partial charge in [-0.05, 0) is 44.0 Å². The first-order valence-corrected chi connectivity index (χ1v) is 6.30. The van der Waals surface area contributed by atoms with E-state index in [1.807, 2.05) is 19.9 Å². The number of carboxylic acids is 1. The Bertz CT molecular complexity index is 696. The highest BCUT2D eigenvalue weighted by atomic mass is 16.4. The van der Waals surface area contributed by atoms with E-state index in [9.17, 15) is 4.79 Å². The lowest BCUT2D eigenvalue weighted by Gasteiger charge is -2.05. The van der Waals surface area contributed by atoms with Gasteiger partial charge < -0.3 is 5.11 Å². The normalized spacial score (nSPS) is 10.2. The van der Waals surface area contributed by atoms with Crippen LogP contribution in [0.15, 0.2) is 24.3 Å². The standard InChI is InChI=1S/C15H15N3O2/c1-10-14(6-7-15(19)20)11(2)18(17-10)13-5-3-4-12(8-13)9-16/h3-5,8H,6-7H2,1-2H3,(H,19,20). The van der Waals surface area contributed by atoms with E-state index in [1.54, 1.807) is 22.9 Å². The van der Waals surface area contributed by atoms with Gasteiger partial charge >= 0.3 is 5.97 Å². The van der Waals surface area contributed by atoms with E-state index in [-0.39, 0.29) is 6.42 Å². The molecule has 2 rings (SSSR count). The van der Waals surface area contributed by atoms with Gasteiger partial charge in [-0.25, -0.2) is 4.68 Å². The zero-order valence-electron chi connectivity index (χ0n) is 11.4. The minimum atomic E-state index is -0.817. The van der Waals surface area contributed by atoms with Gasteiger partial charge in [0.15, 0.2) is 0 Å². The molecule has 0 radical (unpaired) electrons. The Kier molecular flexibility index (Phi) is 3.85. The highest BCUT2D eigenvalue weighted by molar-refractivity contribution is 5.67. The molecule has 5 nitrogen and oxygen atoms in total. The molecule has 102 valence electrons. The largest absolute Gasteiger partial charge is 0.481 e. The van der Waals surface area contributed by atoms with Crippen molar-refractivity contribution in [1.29, 1.82) is 5.26 Å². The minimum absolute atomic E-state index is 0.0889. The van der Waals surface area contributed by atoms with Crippen molar-refractivity contribution in [2.45, 2.75) is 26.7 Å². The summed E-state index contributed by atoms with van der Waals surface area (Å²) < 4.78 is 1.76. The van der Waals surface area contributed by atoms with Gasteiger partial charge in [0.2, 0.25) is 0 Å². The third-order valence-electron chi connectivity index (χ3n) is 3.25. The molecule has 0 saturated heterocycles. The van der Waals surface area contributed by atoms with Crippen LogP contribution in [0, 0.1) is 25.2 Å². The van der Waals surface area contributed by atoms with Gasteiger partial charge in [0, 0.05) is 12.1 Å². The number of rotatable bonds is 4. The summed E-state index contributed by atoms with van der Waals surface area (Å²) in [6, 6.07) is 9.28. The molecular formula is C15H15N3O2. The number of aliphatic carboxylic acids is 1. The fourth-order valence-electron chi connectivity index (χ4n) is 2.23. The van der Waals surface area contributed by atoms with Crippen molar-refractivity contribution in [2.75, 3.05) is 0 Å². The number of aromatic nitrogens is 2. The monoisotopic (exact) mass is 269 g/mol. The molecule has 1 aromatic carbocycles. The average molecular weight is 269 g/mol. The lowest BCUT2D eigenvalue weighted by atomic mass is 10.1. The lowest BCUT2D eigenvalue weighted by Crippen LogP contribution is -2.01. The van der Waals surface area contributed by atoms with E-state index in [0.717, 1.165) is 22.6 Å². The van der Waals surface area contributed by atoms with Gasteiger partial charge in [-0.1, -0.05) is 6.07 Å². The maximum absolute atomic E-state index is 10.7. The molecule has 0 aliphatic heterocycles. The molecule has 1 heterocycles. The number of benzene rings is 1. The van der Waals surface area contributed by atoms with Crippen molar-refractivity contribution in [3.05, 3.63) is 46.8 Å². The molecule has 0 atom stereocenters. The average Bonchev–Trinajstić information content (AvgIpc) is 2.72. The van der Waals surface area contributed by atoms with Gasteiger partial charge in [0.05, 0.1) is 23.0 Å². The highest BCUT2D eigenvalue weighted by Gasteiger charge is 2.14. The first-order chi connectivity index (χ1) is 9.52. The minimum Gasteiger partial charge on any atom is -0.481 e. The summed E-state index contributed by atoms with van der Waals surface area (Å²) in [5.74, 6) is -0.817. The van der Waals surface area contributed by atoms with Crippen LogP contribution in [0.5, 0.6) is 0 Å². The molecule has 2 aromatic rings. The van der Waals surface area contributed by atoms with E-state index in [4.69, 9.17) is 10.4 Å². The molecule has 0 unspecified atom stereocenters. The van der Waals surface area contributed by atoms with Crippen LogP contribution in [0.3, 0.4) is 0 Å². The number of nitrogens with zero attached hydrogens (tertiary/aromatic N) is 3. The smallest absolute Gasteiger partial charge is 0.303 e. The van der Waals surface area contributed by atoms with E-state index in [2.05, 4.69) is 11.2 Å². The molecule has 1 aromatic heterocycles. The van der Waals surface area contributed by atoms with Gasteiger partial charge in [-0.15, -0.1) is 0 Å². The first-order valence-electron chi connectivity index (χ1n) is 6.30. The predicted molar refractivity (Wildman–Crippen MR) is 73.7 cm³/mol. The third kappa shape index (κ3) is 2.69. The maximum Gasteiger partial charge on any atom is 0.303 e. The predicted octanol–water partition coefficient (Wildman–Crippen LogP) is 2.38. The Hall–Kier alpha value is -2.61. The molecular weight excluding hydrogens is 254 g/mol. The van der Waals surface area contributed by atoms with E-state index >= 15 is 0 Å². The second-order valence-electron chi connectivity index (χ2n) is 4.62. The lowest BCUT2D eigenvalue weighted by molar-refractivity contribution is -0.136. The quantitative estimate of drug-likeness (QED) is 0.924. The van der Waals surface area contributed by atoms with Crippen molar-refractivity contribution in [2.24, 2.45) is 0 Å². The van der Waals surface area contributed by atoms with E-state index < -0.39 is 5.97 Å². The molecule has 0 saturated carbocycles. The van der Waals surface area contributed by atoms with Crippen LogP contribution in [0.2, 0.25) is 0 Å². The summed E-state index contributed by atoms with van der Waals surface area (Å²) >= 11 is 0. The summed E-state index contributed by atoms with van der Waals surface area (Å²) in [7, 11) is 0. The van der Waals surface area contributed by atoms with Crippen molar-refractivity contribution >= 4 is 5.97 Å². The molecule has 0 bridgehead atoms. The fraction of sp³-hybridized carbons (Fsp3) is 0.267. The molecule has 1 N–H and O–H groups in total. The number of nitriles is 1. The zero-order chi connectivity index (χ0) is 14.7. The Labute approximate surface area is 117 Å². The molecule has 0 fully saturated rings. The van der Waals surface area contributed by atoms with Crippen molar-refractivity contribution in [1.82, 2.24) is 9.78 Å². The van der Waals surface area contributed by atoms with Crippen LogP contribution in [0.1, 0.15) is 28.9 Å². The van der Waals surface area contributed by atoms with Gasteiger partial charge in [0.1, 0.15) is 0 Å². The maximum atomic E-state index is 10.7. The Morgan fingerprint density at radius 1 is 1.45 bits per heavy atom. The molecule has 0 spiro atoms. The summed E-state index contributed by atoms with van der Waals surface area (Å²) in [6.07, 6.45) is 0.552. The second kappa shape index (κ2) is 5.57. The summed E-state index contributed by atoms with van der Waals surface area (Å²) in [4.78, 5) is 10.7. The van der Waals surface area contributed by atoms with Gasteiger partial charge in [-0.3, -0.25) is 4.79 Å². The van der Waals surface area contributed by atoms with Crippen molar-refractivity contribution in [3.63, 3.8) is 0 Å². The van der Waals surface area contributed by atoms with Gasteiger partial charge in [0.25, 0.3) is 0 Å². The molecule has 0 aliphatic rings. The third-order valence-corrected chi connectivity index (χ3v) is 3.25. The number of carboxylic acid groups (broad SMARTS) is 1. The summed E-state index contributed by atoms with van der Waals surface area (Å²) in [6.45, 7) is 3.78. The topological polar surface area (TPSA) is 78.9 Å². The van der Waals surface area contributed by atoms with Crippen LogP contribution in [0.4, 0.5) is 0 Å². The Morgan fingerprint density at radius 2 is 2.20 bits per heavy atom. The molecule has 0 aliphatic carbocycles. The second-order valence-corrected chi connectivity index (χ2v) is 4.62. The van der Waals surface area contributed by atoms with E-state index in [0.29, 0.717) is 12.0 Å². The number of hydrogen-bond acceptors (Lipinski definition) is 3. The summed E-state index contributed by atoms with van der Waals surface area (Å²) in [5.41, 5.74) is 4.08. The van der Waals surface area contributed by atoms with Crippen molar-refractivity contribution in [3.8, 4) is 11.8 Å². The van der Waals surface area contributed by atoms with Crippen LogP contribution >= 0.6 is 0 Å². The molecule has 5 heteroatoms. The Balaban J connectivity index is 2.40. The molecule has 20 heavy (non-hydrogen) atoms. The number of carbonyl (C=O) groups is 1. The zero-order valence-corrected chi connectivity index (χ0v) is 11.4. The number of hydrogen-bond donors (Lipinski definition) is 1. The van der Waals surface area contributed by atoms with Gasteiger partial charge in [-0.2, -0.15) is 10.4 Å². The van der Waals surface area contributed by atoms with E-state index in [1.165, 1.54) is 0 Å². The first kappa shape index (κ1) is 13.8. The SMILES string of the molecule is Cc1nn(-c2cccc(C#N)c2)c(C)c1CCC(=O)O. The van der Waals surface area contributed by atoms with Crippen LogP contribution in [-0.2, 0) is 11.2 Å². The van der Waals surface area contributed by atoms with Crippen molar-refractivity contribution < 1.29 is 9.90 Å². The van der Waals surface area contributed by atoms with Crippen LogP contribution in [0.25, 0.3) is 5.69 Å². The number of aryl methyl sites for hydroxylation is 1. The fourth-order valence-corrected chi connectivity index (χ4v) is 2.23.